The average molecular weight is 288 g/mol. The largest absolute Gasteiger partial charge is 0.379 e. The number of fused-ring (bicyclic) bond motifs is 2. The fraction of sp³-hybridized carbons (Fsp3) is 0.429. The van der Waals surface area contributed by atoms with Gasteiger partial charge in [0.1, 0.15) is 11.2 Å². The van der Waals surface area contributed by atoms with Crippen LogP contribution in [0.15, 0.2) is 35.7 Å². The van der Waals surface area contributed by atoms with Crippen molar-refractivity contribution in [1.29, 1.82) is 0 Å². The van der Waals surface area contributed by atoms with Gasteiger partial charge in [-0.2, -0.15) is 0 Å². The lowest BCUT2D eigenvalue weighted by Gasteiger charge is -2.43. The number of hydrogen-bond acceptors (Lipinski definition) is 5. The highest BCUT2D eigenvalue weighted by Gasteiger charge is 2.45. The van der Waals surface area contributed by atoms with E-state index < -0.39 is 0 Å². The molecule has 0 saturated carbocycles. The topological polar surface area (TPSA) is 64.9 Å². The van der Waals surface area contributed by atoms with Crippen molar-refractivity contribution in [3.05, 3.63) is 36.3 Å². The molecule has 2 unspecified atom stereocenters. The molecule has 1 fully saturated rings. The molecule has 4 heterocycles. The highest BCUT2D eigenvalue weighted by atomic mass is 32.2. The maximum Gasteiger partial charge on any atom is 0.154 e. The van der Waals surface area contributed by atoms with E-state index in [0.717, 1.165) is 30.0 Å². The maximum atomic E-state index is 6.00. The minimum atomic E-state index is -0.327. The summed E-state index contributed by atoms with van der Waals surface area (Å²) in [4.78, 5) is 9.08. The Labute approximate surface area is 121 Å². The predicted octanol–water partition coefficient (Wildman–Crippen LogP) is 1.63. The van der Waals surface area contributed by atoms with Gasteiger partial charge in [0.05, 0.1) is 6.61 Å². The number of pyridine rings is 1. The number of aromatic nitrogens is 2. The summed E-state index contributed by atoms with van der Waals surface area (Å²) >= 11 is 1.66. The van der Waals surface area contributed by atoms with Gasteiger partial charge in [-0.25, -0.2) is 9.98 Å². The lowest BCUT2D eigenvalue weighted by molar-refractivity contribution is 0.00435. The molecule has 5 nitrogen and oxygen atoms in total. The van der Waals surface area contributed by atoms with Gasteiger partial charge >= 0.3 is 0 Å². The molecule has 2 atom stereocenters. The van der Waals surface area contributed by atoms with E-state index in [-0.39, 0.29) is 5.54 Å². The molecule has 0 spiro atoms. The lowest BCUT2D eigenvalue weighted by atomic mass is 9.77. The zero-order chi connectivity index (χ0) is 13.6. The molecule has 2 aromatic heterocycles. The van der Waals surface area contributed by atoms with E-state index in [9.17, 15) is 0 Å². The monoisotopic (exact) mass is 288 g/mol. The molecular weight excluding hydrogens is 272 g/mol. The van der Waals surface area contributed by atoms with Crippen molar-refractivity contribution < 1.29 is 4.74 Å². The number of amidine groups is 1. The van der Waals surface area contributed by atoms with Gasteiger partial charge in [-0.05, 0) is 18.1 Å². The quantitative estimate of drug-likeness (QED) is 0.866. The van der Waals surface area contributed by atoms with Gasteiger partial charge in [0.2, 0.25) is 0 Å². The fourth-order valence-corrected chi connectivity index (χ4v) is 4.17. The van der Waals surface area contributed by atoms with Gasteiger partial charge in [-0.15, -0.1) is 0 Å². The number of imidazole rings is 1. The van der Waals surface area contributed by atoms with E-state index >= 15 is 0 Å². The van der Waals surface area contributed by atoms with Crippen molar-refractivity contribution in [2.24, 2.45) is 16.6 Å². The molecule has 2 aromatic rings. The number of thioether (sulfide) groups is 1. The second kappa shape index (κ2) is 4.49. The zero-order valence-electron chi connectivity index (χ0n) is 11.0. The molecule has 0 aromatic carbocycles. The fourth-order valence-electron chi connectivity index (χ4n) is 3.13. The second-order valence-electron chi connectivity index (χ2n) is 5.33. The lowest BCUT2D eigenvalue weighted by Crippen LogP contribution is -2.47. The summed E-state index contributed by atoms with van der Waals surface area (Å²) in [6.45, 7) is 1.43. The molecule has 0 bridgehead atoms. The minimum absolute atomic E-state index is 0.327. The molecule has 0 amide bonds. The molecule has 0 radical (unpaired) electrons. The Kier molecular flexibility index (Phi) is 2.75. The third-order valence-corrected chi connectivity index (χ3v) is 5.19. The molecule has 4 rings (SSSR count). The van der Waals surface area contributed by atoms with Crippen LogP contribution in [0.1, 0.15) is 12.0 Å². The first-order valence-electron chi connectivity index (χ1n) is 6.77. The van der Waals surface area contributed by atoms with Crippen LogP contribution in [0, 0.1) is 5.92 Å². The molecule has 1 saturated heterocycles. The van der Waals surface area contributed by atoms with Crippen LogP contribution < -0.4 is 5.73 Å². The normalized spacial score (nSPS) is 30.0. The molecule has 104 valence electrons. The first kappa shape index (κ1) is 12.2. The first-order chi connectivity index (χ1) is 9.78. The molecular formula is C14H16N4OS. The molecule has 2 aliphatic heterocycles. The SMILES string of the molecule is NC1=NC2(c3ccc4nccn4c3)COCCC2CS1. The molecule has 6 heteroatoms. The Morgan fingerprint density at radius 1 is 1.45 bits per heavy atom. The van der Waals surface area contributed by atoms with Crippen LogP contribution in [-0.2, 0) is 10.3 Å². The van der Waals surface area contributed by atoms with E-state index in [4.69, 9.17) is 15.5 Å². The van der Waals surface area contributed by atoms with Gasteiger partial charge in [0.25, 0.3) is 0 Å². The summed E-state index contributed by atoms with van der Waals surface area (Å²) in [5.41, 5.74) is 7.78. The predicted molar refractivity (Wildman–Crippen MR) is 79.9 cm³/mol. The zero-order valence-corrected chi connectivity index (χ0v) is 11.8. The number of hydrogen-bond donors (Lipinski definition) is 1. The van der Waals surface area contributed by atoms with E-state index in [2.05, 4.69) is 17.2 Å². The number of nitrogens with zero attached hydrogens (tertiary/aromatic N) is 3. The summed E-state index contributed by atoms with van der Waals surface area (Å²) in [6.07, 6.45) is 6.90. The highest BCUT2D eigenvalue weighted by Crippen LogP contribution is 2.44. The first-order valence-corrected chi connectivity index (χ1v) is 7.75. The van der Waals surface area contributed by atoms with Crippen LogP contribution in [0.25, 0.3) is 5.65 Å². The Balaban J connectivity index is 1.88. The van der Waals surface area contributed by atoms with Crippen molar-refractivity contribution in [2.75, 3.05) is 19.0 Å². The van der Waals surface area contributed by atoms with Crippen LogP contribution in [-0.4, -0.2) is 33.5 Å². The van der Waals surface area contributed by atoms with Crippen LogP contribution in [0.4, 0.5) is 0 Å². The standard InChI is InChI=1S/C14H16N4OS/c15-13-17-14(9-19-6-3-11(14)8-20-13)10-1-2-12-16-4-5-18(12)7-10/h1-2,4-5,7,11H,3,6,8-9H2,(H2,15,17). The maximum absolute atomic E-state index is 6.00. The van der Waals surface area contributed by atoms with Gasteiger partial charge in [0.15, 0.2) is 5.17 Å². The van der Waals surface area contributed by atoms with Gasteiger partial charge in [-0.3, -0.25) is 0 Å². The van der Waals surface area contributed by atoms with E-state index in [1.807, 2.05) is 16.7 Å². The average Bonchev–Trinajstić information content (AvgIpc) is 2.94. The van der Waals surface area contributed by atoms with Gasteiger partial charge < -0.3 is 14.9 Å². The highest BCUT2D eigenvalue weighted by molar-refractivity contribution is 8.13. The summed E-state index contributed by atoms with van der Waals surface area (Å²) in [7, 11) is 0. The van der Waals surface area contributed by atoms with E-state index in [1.165, 1.54) is 0 Å². The van der Waals surface area contributed by atoms with E-state index in [1.54, 1.807) is 18.0 Å². The van der Waals surface area contributed by atoms with Gasteiger partial charge in [0, 0.05) is 36.9 Å². The van der Waals surface area contributed by atoms with Crippen molar-refractivity contribution in [1.82, 2.24) is 9.38 Å². The molecule has 20 heavy (non-hydrogen) atoms. The Morgan fingerprint density at radius 2 is 2.40 bits per heavy atom. The number of ether oxygens (including phenoxy) is 1. The van der Waals surface area contributed by atoms with Crippen molar-refractivity contribution >= 4 is 22.6 Å². The molecule has 2 N–H and O–H groups in total. The minimum Gasteiger partial charge on any atom is -0.379 e. The number of aliphatic imine (C=N–C) groups is 1. The van der Waals surface area contributed by atoms with Crippen molar-refractivity contribution in [3.8, 4) is 0 Å². The Morgan fingerprint density at radius 3 is 3.35 bits per heavy atom. The van der Waals surface area contributed by atoms with Crippen LogP contribution >= 0.6 is 11.8 Å². The Hall–Kier alpha value is -1.53. The summed E-state index contributed by atoms with van der Waals surface area (Å²) < 4.78 is 7.77. The number of nitrogens with two attached hydrogens (primary N) is 1. The van der Waals surface area contributed by atoms with Crippen molar-refractivity contribution in [3.63, 3.8) is 0 Å². The van der Waals surface area contributed by atoms with Crippen LogP contribution in [0.2, 0.25) is 0 Å². The van der Waals surface area contributed by atoms with E-state index in [0.29, 0.717) is 17.7 Å². The third kappa shape index (κ3) is 1.75. The van der Waals surface area contributed by atoms with Crippen LogP contribution in [0.3, 0.4) is 0 Å². The summed E-state index contributed by atoms with van der Waals surface area (Å²) in [5.74, 6) is 1.50. The molecule has 0 aliphatic carbocycles. The number of rotatable bonds is 1. The summed E-state index contributed by atoms with van der Waals surface area (Å²) in [5, 5.41) is 0.664. The second-order valence-corrected chi connectivity index (χ2v) is 6.37. The third-order valence-electron chi connectivity index (χ3n) is 4.24. The summed E-state index contributed by atoms with van der Waals surface area (Å²) in [6, 6.07) is 4.14. The smallest absolute Gasteiger partial charge is 0.154 e. The van der Waals surface area contributed by atoms with Gasteiger partial charge in [-0.1, -0.05) is 17.8 Å². The van der Waals surface area contributed by atoms with Crippen molar-refractivity contribution in [2.45, 2.75) is 12.0 Å². The molecule has 2 aliphatic rings. The Bertz CT molecular complexity index is 683. The van der Waals surface area contributed by atoms with Crippen LogP contribution in [0.5, 0.6) is 0 Å².